The molecule has 0 spiro atoms. The quantitative estimate of drug-likeness (QED) is 0.150. The van der Waals surface area contributed by atoms with E-state index in [1.165, 1.54) is 54.6 Å². The molecule has 0 bridgehead atoms. The Kier molecular flexibility index (Phi) is 8.53. The molecule has 0 fully saturated rings. The molecule has 0 radical (unpaired) electrons. The number of benzene rings is 11. The maximum atomic E-state index is 6.46. The van der Waals surface area contributed by atoms with Gasteiger partial charge in [0.2, 0.25) is 0 Å². The lowest BCUT2D eigenvalue weighted by Crippen LogP contribution is -2.12. The van der Waals surface area contributed by atoms with Crippen molar-refractivity contribution in [1.29, 1.82) is 0 Å². The summed E-state index contributed by atoms with van der Waals surface area (Å²) in [4.78, 5) is 2.47. The Morgan fingerprint density at radius 2 is 0.806 bits per heavy atom. The standard InChI is InChI=1S/C60H39NO/c1-2-17-40(18-3-1)47-29-13-20-42-21-14-31-52(59(42)47)50-25-6-9-33-55(50)61(56-34-10-7-26-51(56)53-32-16-36-58-60(53)54-27-8-11-35-57(54)62-58)44-23-12-22-43(39-44)46-28-15-30-48-45-24-5-4-19-41(45)37-38-49(46)48/h1-39H. The van der Waals surface area contributed by atoms with Crippen LogP contribution in [0.25, 0.3) is 98.8 Å². The fourth-order valence-corrected chi connectivity index (χ4v) is 9.73. The molecule has 1 aromatic heterocycles. The van der Waals surface area contributed by atoms with Crippen LogP contribution < -0.4 is 4.90 Å². The molecule has 1 heterocycles. The van der Waals surface area contributed by atoms with Gasteiger partial charge in [0, 0.05) is 27.6 Å². The lowest BCUT2D eigenvalue weighted by atomic mass is 9.90. The zero-order chi connectivity index (χ0) is 41.0. The van der Waals surface area contributed by atoms with Crippen molar-refractivity contribution in [2.24, 2.45) is 0 Å². The molecule has 0 aliphatic heterocycles. The zero-order valence-corrected chi connectivity index (χ0v) is 33.9. The molecule has 0 aliphatic rings. The summed E-state index contributed by atoms with van der Waals surface area (Å²) >= 11 is 0. The molecule has 12 rings (SSSR count). The van der Waals surface area contributed by atoms with Crippen molar-refractivity contribution in [3.05, 3.63) is 237 Å². The number of para-hydroxylation sites is 3. The van der Waals surface area contributed by atoms with Crippen LogP contribution in [0, 0.1) is 0 Å². The fraction of sp³-hybridized carbons (Fsp3) is 0. The van der Waals surface area contributed by atoms with E-state index in [2.05, 4.69) is 235 Å². The second kappa shape index (κ2) is 14.8. The summed E-state index contributed by atoms with van der Waals surface area (Å²) in [7, 11) is 0. The van der Waals surface area contributed by atoms with Gasteiger partial charge in [-0.1, -0.05) is 200 Å². The molecule has 0 N–H and O–H groups in total. The van der Waals surface area contributed by atoms with E-state index in [1.54, 1.807) is 0 Å². The average Bonchev–Trinajstić information content (AvgIpc) is 3.73. The summed E-state index contributed by atoms with van der Waals surface area (Å²) < 4.78 is 6.46. The van der Waals surface area contributed by atoms with E-state index >= 15 is 0 Å². The highest BCUT2D eigenvalue weighted by atomic mass is 16.3. The topological polar surface area (TPSA) is 16.4 Å². The molecule has 2 nitrogen and oxygen atoms in total. The Morgan fingerprint density at radius 3 is 1.61 bits per heavy atom. The number of hydrogen-bond acceptors (Lipinski definition) is 2. The van der Waals surface area contributed by atoms with Crippen LogP contribution >= 0.6 is 0 Å². The summed E-state index contributed by atoms with van der Waals surface area (Å²) in [6.07, 6.45) is 0. The summed E-state index contributed by atoms with van der Waals surface area (Å²) in [6.45, 7) is 0. The molecule has 0 saturated carbocycles. The Bertz CT molecular complexity index is 3650. The van der Waals surface area contributed by atoms with E-state index in [0.29, 0.717) is 0 Å². The first-order chi connectivity index (χ1) is 30.8. The third-order valence-electron chi connectivity index (χ3n) is 12.5. The van der Waals surface area contributed by atoms with E-state index in [0.717, 1.165) is 61.3 Å². The van der Waals surface area contributed by atoms with Gasteiger partial charge in [0.15, 0.2) is 0 Å². The fourth-order valence-electron chi connectivity index (χ4n) is 9.73. The van der Waals surface area contributed by atoms with Crippen molar-refractivity contribution in [2.45, 2.75) is 0 Å². The molecule has 290 valence electrons. The summed E-state index contributed by atoms with van der Waals surface area (Å²) in [6, 6.07) is 85.6. The SMILES string of the molecule is c1ccc(-c2cccc3cccc(-c4ccccc4N(c4cccc(-c5cccc6c5ccc5ccccc56)c4)c4ccccc4-c4cccc5oc6ccccc6c45)c23)cc1. The van der Waals surface area contributed by atoms with Crippen molar-refractivity contribution in [1.82, 2.24) is 0 Å². The normalized spacial score (nSPS) is 11.5. The molecule has 62 heavy (non-hydrogen) atoms. The Morgan fingerprint density at radius 1 is 0.274 bits per heavy atom. The van der Waals surface area contributed by atoms with Gasteiger partial charge in [-0.3, -0.25) is 0 Å². The highest BCUT2D eigenvalue weighted by Gasteiger charge is 2.24. The second-order valence-electron chi connectivity index (χ2n) is 16.0. The van der Waals surface area contributed by atoms with Crippen LogP contribution in [0.15, 0.2) is 241 Å². The van der Waals surface area contributed by atoms with Gasteiger partial charge >= 0.3 is 0 Å². The number of hydrogen-bond donors (Lipinski definition) is 0. The highest BCUT2D eigenvalue weighted by Crippen LogP contribution is 2.49. The molecular formula is C60H39NO. The molecule has 0 amide bonds. The molecule has 0 unspecified atom stereocenters. The molecule has 0 saturated heterocycles. The van der Waals surface area contributed by atoms with Crippen LogP contribution in [0.2, 0.25) is 0 Å². The second-order valence-corrected chi connectivity index (χ2v) is 16.0. The van der Waals surface area contributed by atoms with Crippen LogP contribution in [0.4, 0.5) is 17.1 Å². The van der Waals surface area contributed by atoms with Crippen molar-refractivity contribution < 1.29 is 4.42 Å². The summed E-state index contributed by atoms with van der Waals surface area (Å²) in [5, 5.41) is 9.65. The lowest BCUT2D eigenvalue weighted by Gasteiger charge is -2.30. The smallest absolute Gasteiger partial charge is 0.136 e. The monoisotopic (exact) mass is 789 g/mol. The van der Waals surface area contributed by atoms with Crippen molar-refractivity contribution in [2.75, 3.05) is 4.90 Å². The van der Waals surface area contributed by atoms with Crippen LogP contribution in [-0.4, -0.2) is 0 Å². The minimum absolute atomic E-state index is 0.875. The molecule has 12 aromatic rings. The molecular weight excluding hydrogens is 751 g/mol. The average molecular weight is 790 g/mol. The number of furan rings is 1. The van der Waals surface area contributed by atoms with E-state index in [9.17, 15) is 0 Å². The first-order valence-corrected chi connectivity index (χ1v) is 21.3. The minimum atomic E-state index is 0.875. The largest absolute Gasteiger partial charge is 0.456 e. The third kappa shape index (κ3) is 5.88. The molecule has 11 aromatic carbocycles. The zero-order valence-electron chi connectivity index (χ0n) is 33.9. The summed E-state index contributed by atoms with van der Waals surface area (Å²) in [5.41, 5.74) is 14.3. The van der Waals surface area contributed by atoms with Gasteiger partial charge in [0.1, 0.15) is 11.2 Å². The van der Waals surface area contributed by atoms with Gasteiger partial charge in [-0.05, 0) is 102 Å². The van der Waals surface area contributed by atoms with E-state index in [1.807, 2.05) is 6.07 Å². The predicted molar refractivity (Wildman–Crippen MR) is 263 cm³/mol. The Hall–Kier alpha value is -8.20. The number of rotatable bonds is 7. The van der Waals surface area contributed by atoms with Crippen molar-refractivity contribution >= 4 is 71.3 Å². The highest BCUT2D eigenvalue weighted by molar-refractivity contribution is 6.15. The first-order valence-electron chi connectivity index (χ1n) is 21.3. The van der Waals surface area contributed by atoms with E-state index < -0.39 is 0 Å². The Balaban J connectivity index is 1.13. The maximum absolute atomic E-state index is 6.46. The maximum Gasteiger partial charge on any atom is 0.136 e. The number of nitrogens with zero attached hydrogens (tertiary/aromatic N) is 1. The van der Waals surface area contributed by atoms with Crippen molar-refractivity contribution in [3.8, 4) is 44.5 Å². The minimum Gasteiger partial charge on any atom is -0.456 e. The van der Waals surface area contributed by atoms with Gasteiger partial charge in [0.05, 0.1) is 11.4 Å². The van der Waals surface area contributed by atoms with Crippen molar-refractivity contribution in [3.63, 3.8) is 0 Å². The Labute approximate surface area is 360 Å². The van der Waals surface area contributed by atoms with Crippen LogP contribution in [0.1, 0.15) is 0 Å². The van der Waals surface area contributed by atoms with Crippen LogP contribution in [0.3, 0.4) is 0 Å². The predicted octanol–water partition coefficient (Wildman–Crippen LogP) is 17.2. The summed E-state index contributed by atoms with van der Waals surface area (Å²) in [5.74, 6) is 0. The number of anilines is 3. The van der Waals surface area contributed by atoms with Gasteiger partial charge in [-0.2, -0.15) is 0 Å². The van der Waals surface area contributed by atoms with Gasteiger partial charge in [-0.15, -0.1) is 0 Å². The van der Waals surface area contributed by atoms with Gasteiger partial charge in [-0.25, -0.2) is 0 Å². The third-order valence-corrected chi connectivity index (χ3v) is 12.5. The van der Waals surface area contributed by atoms with Crippen LogP contribution in [0.5, 0.6) is 0 Å². The molecule has 2 heteroatoms. The molecule has 0 atom stereocenters. The van der Waals surface area contributed by atoms with Gasteiger partial charge in [0.25, 0.3) is 0 Å². The van der Waals surface area contributed by atoms with E-state index in [-0.39, 0.29) is 0 Å². The number of fused-ring (bicyclic) bond motifs is 7. The lowest BCUT2D eigenvalue weighted by molar-refractivity contribution is 0.669. The first kappa shape index (κ1) is 35.7. The molecule has 0 aliphatic carbocycles. The van der Waals surface area contributed by atoms with Crippen LogP contribution in [-0.2, 0) is 0 Å². The van der Waals surface area contributed by atoms with E-state index in [4.69, 9.17) is 4.42 Å². The van der Waals surface area contributed by atoms with Gasteiger partial charge < -0.3 is 9.32 Å².